The van der Waals surface area contributed by atoms with E-state index in [1.165, 1.54) is 0 Å². The molecule has 6 heteroatoms. The van der Waals surface area contributed by atoms with Crippen LogP contribution in [-0.2, 0) is 11.3 Å². The van der Waals surface area contributed by atoms with E-state index in [1.807, 2.05) is 27.7 Å². The fraction of sp³-hybridized carbons (Fsp3) is 0.429. The number of nitrogens with zero attached hydrogens (tertiary/aromatic N) is 2. The lowest BCUT2D eigenvalue weighted by atomic mass is 10.3. The molecule has 0 unspecified atom stereocenters. The second-order valence-corrected chi connectivity index (χ2v) is 5.85. The standard InChI is InChI=1S/C14H16ClN3OS/c15-10-4-3-5-11-13(10)18(14(20)16-11)9-6-12(19)17-7-1-2-8-17/h3-5H,1-2,6-9H2,(H,16,20). The summed E-state index contributed by atoms with van der Waals surface area (Å²) in [6, 6.07) is 5.66. The van der Waals surface area contributed by atoms with Crippen LogP contribution in [0.15, 0.2) is 18.2 Å². The minimum atomic E-state index is 0.200. The van der Waals surface area contributed by atoms with Crippen molar-refractivity contribution in [2.45, 2.75) is 25.8 Å². The van der Waals surface area contributed by atoms with Gasteiger partial charge in [0.2, 0.25) is 5.91 Å². The van der Waals surface area contributed by atoms with Gasteiger partial charge in [-0.05, 0) is 37.2 Å². The highest BCUT2D eigenvalue weighted by molar-refractivity contribution is 7.71. The molecule has 1 aromatic heterocycles. The van der Waals surface area contributed by atoms with Gasteiger partial charge in [-0.25, -0.2) is 0 Å². The SMILES string of the molecule is O=C(CCn1c(=S)[nH]c2cccc(Cl)c21)N1CCCC1. The van der Waals surface area contributed by atoms with Crippen LogP contribution >= 0.6 is 23.8 Å². The van der Waals surface area contributed by atoms with Gasteiger partial charge in [0.25, 0.3) is 0 Å². The van der Waals surface area contributed by atoms with Gasteiger partial charge in [0.05, 0.1) is 16.1 Å². The first-order valence-corrected chi connectivity index (χ1v) is 7.60. The number of H-pyrrole nitrogens is 1. The predicted molar refractivity (Wildman–Crippen MR) is 82.6 cm³/mol. The number of halogens is 1. The molecule has 0 spiro atoms. The van der Waals surface area contributed by atoms with Crippen molar-refractivity contribution in [2.24, 2.45) is 0 Å². The number of nitrogens with one attached hydrogen (secondary N) is 1. The summed E-state index contributed by atoms with van der Waals surface area (Å²) in [5.41, 5.74) is 1.80. The van der Waals surface area contributed by atoms with Crippen molar-refractivity contribution in [1.82, 2.24) is 14.5 Å². The average molecular weight is 310 g/mol. The zero-order chi connectivity index (χ0) is 14.1. The molecule has 2 aromatic rings. The molecule has 1 aliphatic heterocycles. The van der Waals surface area contributed by atoms with Crippen LogP contribution in [0.2, 0.25) is 5.02 Å². The van der Waals surface area contributed by atoms with Crippen molar-refractivity contribution in [1.29, 1.82) is 0 Å². The van der Waals surface area contributed by atoms with Gasteiger partial charge in [-0.2, -0.15) is 0 Å². The number of hydrogen-bond acceptors (Lipinski definition) is 2. The maximum atomic E-state index is 12.1. The van der Waals surface area contributed by atoms with Crippen LogP contribution in [-0.4, -0.2) is 33.4 Å². The summed E-state index contributed by atoms with van der Waals surface area (Å²) in [6.07, 6.45) is 2.70. The molecule has 1 amide bonds. The molecule has 1 saturated heterocycles. The van der Waals surface area contributed by atoms with E-state index in [4.69, 9.17) is 23.8 Å². The first kappa shape index (κ1) is 13.6. The van der Waals surface area contributed by atoms with E-state index in [2.05, 4.69) is 4.98 Å². The molecule has 1 aromatic carbocycles. The quantitative estimate of drug-likeness (QED) is 0.883. The number of imidazole rings is 1. The van der Waals surface area contributed by atoms with Crippen molar-refractivity contribution >= 4 is 40.8 Å². The maximum Gasteiger partial charge on any atom is 0.224 e. The number of benzene rings is 1. The molecule has 0 atom stereocenters. The van der Waals surface area contributed by atoms with Gasteiger partial charge >= 0.3 is 0 Å². The fourth-order valence-corrected chi connectivity index (χ4v) is 3.29. The summed E-state index contributed by atoms with van der Waals surface area (Å²) in [5.74, 6) is 0.200. The highest BCUT2D eigenvalue weighted by Crippen LogP contribution is 2.23. The third-order valence-electron chi connectivity index (χ3n) is 3.75. The zero-order valence-corrected chi connectivity index (χ0v) is 12.6. The Morgan fingerprint density at radius 2 is 2.10 bits per heavy atom. The third kappa shape index (κ3) is 2.47. The largest absolute Gasteiger partial charge is 0.343 e. The van der Waals surface area contributed by atoms with Crippen LogP contribution in [0.4, 0.5) is 0 Å². The second-order valence-electron chi connectivity index (χ2n) is 5.06. The van der Waals surface area contributed by atoms with Crippen molar-refractivity contribution in [2.75, 3.05) is 13.1 Å². The van der Waals surface area contributed by atoms with E-state index in [-0.39, 0.29) is 5.91 Å². The highest BCUT2D eigenvalue weighted by atomic mass is 35.5. The molecule has 0 saturated carbocycles. The number of aromatic nitrogens is 2. The Labute approximate surface area is 127 Å². The summed E-state index contributed by atoms with van der Waals surface area (Å²) in [6.45, 7) is 2.34. The van der Waals surface area contributed by atoms with Gasteiger partial charge in [0.15, 0.2) is 4.77 Å². The van der Waals surface area contributed by atoms with E-state index >= 15 is 0 Å². The lowest BCUT2D eigenvalue weighted by molar-refractivity contribution is -0.130. The lowest BCUT2D eigenvalue weighted by Gasteiger charge is -2.15. The first-order chi connectivity index (χ1) is 9.66. The predicted octanol–water partition coefficient (Wildman–Crippen LogP) is 3.36. The van der Waals surface area contributed by atoms with Crippen LogP contribution < -0.4 is 0 Å². The van der Waals surface area contributed by atoms with Crippen LogP contribution in [0.5, 0.6) is 0 Å². The zero-order valence-electron chi connectivity index (χ0n) is 11.1. The molecule has 20 heavy (non-hydrogen) atoms. The Kier molecular flexibility index (Phi) is 3.81. The summed E-state index contributed by atoms with van der Waals surface area (Å²) in [4.78, 5) is 17.2. The van der Waals surface area contributed by atoms with Crippen LogP contribution in [0.3, 0.4) is 0 Å². The molecule has 1 N–H and O–H groups in total. The Morgan fingerprint density at radius 3 is 2.85 bits per heavy atom. The Balaban J connectivity index is 1.82. The Hall–Kier alpha value is -1.33. The summed E-state index contributed by atoms with van der Waals surface area (Å²) in [7, 11) is 0. The van der Waals surface area contributed by atoms with Gasteiger partial charge in [-0.1, -0.05) is 17.7 Å². The van der Waals surface area contributed by atoms with Gasteiger partial charge in [-0.3, -0.25) is 4.79 Å². The van der Waals surface area contributed by atoms with E-state index in [0.29, 0.717) is 22.8 Å². The van der Waals surface area contributed by atoms with Gasteiger partial charge in [0.1, 0.15) is 0 Å². The number of para-hydroxylation sites is 1. The number of likely N-dealkylation sites (tertiary alicyclic amines) is 1. The number of aromatic amines is 1. The van der Waals surface area contributed by atoms with Crippen molar-refractivity contribution < 1.29 is 4.79 Å². The lowest BCUT2D eigenvalue weighted by Crippen LogP contribution is -2.28. The van der Waals surface area contributed by atoms with E-state index in [1.54, 1.807) is 0 Å². The van der Waals surface area contributed by atoms with Crippen LogP contribution in [0.25, 0.3) is 11.0 Å². The van der Waals surface area contributed by atoms with E-state index < -0.39 is 0 Å². The molecule has 106 valence electrons. The third-order valence-corrected chi connectivity index (χ3v) is 4.38. The minimum absolute atomic E-state index is 0.200. The molecular weight excluding hydrogens is 294 g/mol. The molecule has 1 fully saturated rings. The number of hydrogen-bond donors (Lipinski definition) is 1. The molecule has 0 bridgehead atoms. The maximum absolute atomic E-state index is 12.1. The number of fused-ring (bicyclic) bond motifs is 1. The smallest absolute Gasteiger partial charge is 0.224 e. The summed E-state index contributed by atoms with van der Waals surface area (Å²) in [5, 5.41) is 0.656. The van der Waals surface area contributed by atoms with Crippen molar-refractivity contribution in [3.8, 4) is 0 Å². The van der Waals surface area contributed by atoms with E-state index in [0.717, 1.165) is 37.0 Å². The monoisotopic (exact) mass is 309 g/mol. The minimum Gasteiger partial charge on any atom is -0.343 e. The summed E-state index contributed by atoms with van der Waals surface area (Å²) >= 11 is 11.6. The number of amides is 1. The van der Waals surface area contributed by atoms with Crippen LogP contribution in [0, 0.1) is 4.77 Å². The highest BCUT2D eigenvalue weighted by Gasteiger charge is 2.18. The summed E-state index contributed by atoms with van der Waals surface area (Å²) < 4.78 is 2.53. The molecule has 2 heterocycles. The van der Waals surface area contributed by atoms with Gasteiger partial charge in [0, 0.05) is 26.1 Å². The number of carbonyl (C=O) groups excluding carboxylic acids is 1. The molecular formula is C14H16ClN3OS. The Bertz CT molecular complexity index is 700. The van der Waals surface area contributed by atoms with Gasteiger partial charge < -0.3 is 14.5 Å². The molecule has 4 nitrogen and oxygen atoms in total. The fourth-order valence-electron chi connectivity index (χ4n) is 2.72. The van der Waals surface area contributed by atoms with Crippen molar-refractivity contribution in [3.63, 3.8) is 0 Å². The first-order valence-electron chi connectivity index (χ1n) is 6.81. The number of aryl methyl sites for hydroxylation is 1. The van der Waals surface area contributed by atoms with E-state index in [9.17, 15) is 4.79 Å². The molecule has 1 aliphatic rings. The van der Waals surface area contributed by atoms with Gasteiger partial charge in [-0.15, -0.1) is 0 Å². The molecule has 3 rings (SSSR count). The normalized spacial score (nSPS) is 15.2. The number of carbonyl (C=O) groups is 1. The second kappa shape index (κ2) is 5.58. The molecule has 0 aliphatic carbocycles. The van der Waals surface area contributed by atoms with Crippen LogP contribution in [0.1, 0.15) is 19.3 Å². The topological polar surface area (TPSA) is 41.0 Å². The number of rotatable bonds is 3. The molecule has 0 radical (unpaired) electrons. The van der Waals surface area contributed by atoms with Crippen molar-refractivity contribution in [3.05, 3.63) is 28.0 Å². The Morgan fingerprint density at radius 1 is 1.35 bits per heavy atom. The average Bonchev–Trinajstić information content (AvgIpc) is 3.04.